The summed E-state index contributed by atoms with van der Waals surface area (Å²) in [5, 5.41) is 5.57. The van der Waals surface area contributed by atoms with Gasteiger partial charge in [-0.15, -0.1) is 0 Å². The van der Waals surface area contributed by atoms with E-state index in [2.05, 4.69) is 39.5 Å². The number of carbonyl (C=O) groups is 1. The highest BCUT2D eigenvalue weighted by Crippen LogP contribution is 2.34. The van der Waals surface area contributed by atoms with Crippen LogP contribution in [0.3, 0.4) is 0 Å². The van der Waals surface area contributed by atoms with Crippen molar-refractivity contribution >= 4 is 22.4 Å². The zero-order valence-corrected chi connectivity index (χ0v) is 15.0. The molecular weight excluding hydrogens is 322 g/mol. The van der Waals surface area contributed by atoms with Gasteiger partial charge in [0.25, 0.3) is 0 Å². The lowest BCUT2D eigenvalue weighted by Crippen LogP contribution is -2.53. The minimum atomic E-state index is -0.522. The summed E-state index contributed by atoms with van der Waals surface area (Å²) < 4.78 is 0. The molecule has 4 rings (SSSR count). The van der Waals surface area contributed by atoms with E-state index in [4.69, 9.17) is 0 Å². The summed E-state index contributed by atoms with van der Waals surface area (Å²) in [4.78, 5) is 19.4. The van der Waals surface area contributed by atoms with Crippen molar-refractivity contribution < 1.29 is 4.79 Å². The molecule has 1 N–H and O–H groups in total. The van der Waals surface area contributed by atoms with E-state index >= 15 is 0 Å². The molecule has 4 nitrogen and oxygen atoms in total. The summed E-state index contributed by atoms with van der Waals surface area (Å²) >= 11 is 0. The number of fused-ring (bicyclic) bond motifs is 1. The number of hydrogen-bond donors (Lipinski definition) is 1. The van der Waals surface area contributed by atoms with Gasteiger partial charge in [-0.25, -0.2) is 0 Å². The molecule has 0 saturated carbocycles. The minimum absolute atomic E-state index is 0.0831. The Bertz CT molecular complexity index is 920. The molecule has 0 spiro atoms. The summed E-state index contributed by atoms with van der Waals surface area (Å²) in [7, 11) is 0. The largest absolute Gasteiger partial charge is 0.357 e. The average molecular weight is 345 g/mol. The molecule has 132 valence electrons. The van der Waals surface area contributed by atoms with Crippen LogP contribution in [0.25, 0.3) is 10.8 Å². The average Bonchev–Trinajstić information content (AvgIpc) is 3.09. The van der Waals surface area contributed by atoms with Crippen molar-refractivity contribution in [1.82, 2.24) is 10.3 Å². The van der Waals surface area contributed by atoms with Crippen molar-refractivity contribution in [3.8, 4) is 0 Å². The van der Waals surface area contributed by atoms with E-state index in [0.717, 1.165) is 30.6 Å². The number of pyridine rings is 1. The minimum Gasteiger partial charge on any atom is -0.357 e. The highest BCUT2D eigenvalue weighted by atomic mass is 16.2. The quantitative estimate of drug-likeness (QED) is 0.780. The molecule has 0 unspecified atom stereocenters. The van der Waals surface area contributed by atoms with Crippen molar-refractivity contribution in [3.63, 3.8) is 0 Å². The zero-order valence-electron chi connectivity index (χ0n) is 15.0. The lowest BCUT2D eigenvalue weighted by atomic mass is 9.96. The molecule has 0 radical (unpaired) electrons. The van der Waals surface area contributed by atoms with Gasteiger partial charge < -0.3 is 10.2 Å². The molecule has 26 heavy (non-hydrogen) atoms. The molecule has 1 saturated heterocycles. The second-order valence-electron chi connectivity index (χ2n) is 7.06. The summed E-state index contributed by atoms with van der Waals surface area (Å²) in [6, 6.07) is 18.5. The van der Waals surface area contributed by atoms with Gasteiger partial charge in [0.05, 0.1) is 0 Å². The Hall–Kier alpha value is -2.88. The molecule has 1 amide bonds. The highest BCUT2D eigenvalue weighted by molar-refractivity contribution is 5.91. The number of benzene rings is 2. The fourth-order valence-corrected chi connectivity index (χ4v) is 3.95. The molecule has 1 atom stereocenters. The van der Waals surface area contributed by atoms with Crippen LogP contribution in [0, 0.1) is 0 Å². The van der Waals surface area contributed by atoms with Gasteiger partial charge in [0.1, 0.15) is 5.54 Å². The van der Waals surface area contributed by atoms with Crippen LogP contribution in [0.5, 0.6) is 0 Å². The van der Waals surface area contributed by atoms with Crippen molar-refractivity contribution in [1.29, 1.82) is 0 Å². The Morgan fingerprint density at radius 3 is 2.73 bits per heavy atom. The summed E-state index contributed by atoms with van der Waals surface area (Å²) in [5.74, 6) is 0.0831. The van der Waals surface area contributed by atoms with E-state index in [9.17, 15) is 4.79 Å². The van der Waals surface area contributed by atoms with Crippen molar-refractivity contribution in [2.75, 3.05) is 11.4 Å². The van der Waals surface area contributed by atoms with Crippen LogP contribution < -0.4 is 10.2 Å². The van der Waals surface area contributed by atoms with Gasteiger partial charge >= 0.3 is 0 Å². The Kier molecular flexibility index (Phi) is 4.33. The van der Waals surface area contributed by atoms with Gasteiger partial charge in [0.15, 0.2) is 0 Å². The van der Waals surface area contributed by atoms with E-state index < -0.39 is 5.54 Å². The third-order valence-electron chi connectivity index (χ3n) is 5.42. The van der Waals surface area contributed by atoms with Crippen LogP contribution in [0.1, 0.15) is 25.3 Å². The number of anilines is 1. The maximum atomic E-state index is 13.1. The summed E-state index contributed by atoms with van der Waals surface area (Å²) in [5.41, 5.74) is 1.68. The summed E-state index contributed by atoms with van der Waals surface area (Å²) in [6.07, 6.45) is 5.43. The van der Waals surface area contributed by atoms with Crippen LogP contribution in [0.2, 0.25) is 0 Å². The number of aromatic nitrogens is 1. The SMILES string of the molecule is C[C@@]1(C(=O)NCc2cccc3ccccc23)CCCN1c1ccncc1. The molecule has 3 aromatic rings. The normalized spacial score (nSPS) is 19.7. The second kappa shape index (κ2) is 6.79. The first-order chi connectivity index (χ1) is 12.7. The number of carbonyl (C=O) groups excluding carboxylic acids is 1. The molecule has 4 heteroatoms. The second-order valence-corrected chi connectivity index (χ2v) is 7.06. The Morgan fingerprint density at radius 1 is 1.12 bits per heavy atom. The fourth-order valence-electron chi connectivity index (χ4n) is 3.95. The fraction of sp³-hybridized carbons (Fsp3) is 0.273. The van der Waals surface area contributed by atoms with E-state index in [1.807, 2.05) is 37.3 Å². The van der Waals surface area contributed by atoms with Gasteiger partial charge in [-0.1, -0.05) is 42.5 Å². The lowest BCUT2D eigenvalue weighted by molar-refractivity contribution is -0.125. The number of nitrogens with one attached hydrogen (secondary N) is 1. The molecule has 0 aliphatic carbocycles. The van der Waals surface area contributed by atoms with E-state index in [0.29, 0.717) is 6.54 Å². The maximum Gasteiger partial charge on any atom is 0.245 e. The van der Waals surface area contributed by atoms with Crippen LogP contribution in [-0.2, 0) is 11.3 Å². The topological polar surface area (TPSA) is 45.2 Å². The van der Waals surface area contributed by atoms with Gasteiger partial charge in [0.2, 0.25) is 5.91 Å². The van der Waals surface area contributed by atoms with Crippen LogP contribution in [0.15, 0.2) is 67.0 Å². The molecular formula is C22H23N3O. The Balaban J connectivity index is 1.54. The van der Waals surface area contributed by atoms with E-state index in [1.165, 1.54) is 10.8 Å². The summed E-state index contributed by atoms with van der Waals surface area (Å²) in [6.45, 7) is 3.47. The van der Waals surface area contributed by atoms with Crippen molar-refractivity contribution in [2.24, 2.45) is 0 Å². The van der Waals surface area contributed by atoms with Gasteiger partial charge in [0, 0.05) is 31.2 Å². The molecule has 0 bridgehead atoms. The van der Waals surface area contributed by atoms with Crippen molar-refractivity contribution in [3.05, 3.63) is 72.6 Å². The zero-order chi connectivity index (χ0) is 18.0. The first-order valence-corrected chi connectivity index (χ1v) is 9.11. The number of rotatable bonds is 4. The van der Waals surface area contributed by atoms with Gasteiger partial charge in [-0.05, 0) is 48.2 Å². The standard InChI is InChI=1S/C22H23N3O/c1-22(12-5-15-25(22)19-10-13-23-14-11-19)21(26)24-16-18-8-4-7-17-6-2-3-9-20(17)18/h2-4,6-11,13-14H,5,12,15-16H2,1H3,(H,24,26)/t22-/m0/s1. The molecule has 1 aliphatic rings. The van der Waals surface area contributed by atoms with Crippen molar-refractivity contribution in [2.45, 2.75) is 31.8 Å². The lowest BCUT2D eigenvalue weighted by Gasteiger charge is -2.35. The number of hydrogen-bond acceptors (Lipinski definition) is 3. The van der Waals surface area contributed by atoms with Gasteiger partial charge in [-0.2, -0.15) is 0 Å². The predicted molar refractivity (Wildman–Crippen MR) is 105 cm³/mol. The molecule has 2 heterocycles. The maximum absolute atomic E-state index is 13.1. The van der Waals surface area contributed by atoms with Crippen LogP contribution in [-0.4, -0.2) is 23.0 Å². The predicted octanol–water partition coefficient (Wildman–Crippen LogP) is 3.91. The highest BCUT2D eigenvalue weighted by Gasteiger charge is 2.43. The van der Waals surface area contributed by atoms with Crippen LogP contribution in [0.4, 0.5) is 5.69 Å². The molecule has 1 aliphatic heterocycles. The number of amides is 1. The Labute approximate surface area is 153 Å². The first-order valence-electron chi connectivity index (χ1n) is 9.11. The molecule has 1 fully saturated rings. The van der Waals surface area contributed by atoms with Gasteiger partial charge in [-0.3, -0.25) is 9.78 Å². The first kappa shape index (κ1) is 16.6. The third-order valence-corrected chi connectivity index (χ3v) is 5.42. The van der Waals surface area contributed by atoms with E-state index in [1.54, 1.807) is 12.4 Å². The van der Waals surface area contributed by atoms with E-state index in [-0.39, 0.29) is 5.91 Å². The smallest absolute Gasteiger partial charge is 0.245 e. The monoisotopic (exact) mass is 345 g/mol. The third kappa shape index (κ3) is 2.92. The molecule has 2 aromatic carbocycles. The van der Waals surface area contributed by atoms with Crippen LogP contribution >= 0.6 is 0 Å². The Morgan fingerprint density at radius 2 is 1.88 bits per heavy atom. The number of nitrogens with zero attached hydrogens (tertiary/aromatic N) is 2. The molecule has 1 aromatic heterocycles.